The van der Waals surface area contributed by atoms with Gasteiger partial charge in [-0.25, -0.2) is 4.79 Å². The molecule has 26 heavy (non-hydrogen) atoms. The highest BCUT2D eigenvalue weighted by atomic mass is 28.4. The van der Waals surface area contributed by atoms with E-state index >= 15 is 0 Å². The summed E-state index contributed by atoms with van der Waals surface area (Å²) in [6.07, 6.45) is 1.84. The quantitative estimate of drug-likeness (QED) is 0.511. The molecule has 0 spiro atoms. The van der Waals surface area contributed by atoms with Crippen LogP contribution in [0.25, 0.3) is 10.9 Å². The van der Waals surface area contributed by atoms with Crippen LogP contribution in [0.3, 0.4) is 0 Å². The molecule has 0 saturated heterocycles. The van der Waals surface area contributed by atoms with E-state index < -0.39 is 8.32 Å². The van der Waals surface area contributed by atoms with Crippen molar-refractivity contribution in [1.29, 1.82) is 0 Å². The molecule has 0 aliphatic carbocycles. The summed E-state index contributed by atoms with van der Waals surface area (Å²) in [5, 5.41) is 5.73. The number of hydrogen-bond donors (Lipinski definition) is 0. The van der Waals surface area contributed by atoms with Crippen LogP contribution in [0.15, 0.2) is 24.4 Å². The van der Waals surface area contributed by atoms with Crippen LogP contribution in [-0.4, -0.2) is 37.3 Å². The smallest absolute Gasteiger partial charge is 0.338 e. The lowest BCUT2D eigenvalue weighted by Gasteiger charge is -2.37. The lowest BCUT2D eigenvalue weighted by Crippen LogP contribution is -2.42. The molecule has 0 N–H and O–H groups in total. The Morgan fingerprint density at radius 3 is 2.62 bits per heavy atom. The van der Waals surface area contributed by atoms with Crippen LogP contribution in [-0.2, 0) is 15.7 Å². The van der Waals surface area contributed by atoms with Crippen LogP contribution in [0.1, 0.15) is 45.0 Å². The van der Waals surface area contributed by atoms with E-state index in [4.69, 9.17) is 9.16 Å². The minimum Gasteiger partial charge on any atom is -0.462 e. The summed E-state index contributed by atoms with van der Waals surface area (Å²) in [4.78, 5) is 12.0. The van der Waals surface area contributed by atoms with Crippen molar-refractivity contribution in [3.63, 3.8) is 0 Å². The summed E-state index contributed by atoms with van der Waals surface area (Å²) in [5.74, 6) is 0.0370. The number of carbonyl (C=O) groups excluding carboxylic acids is 1. The van der Waals surface area contributed by atoms with Gasteiger partial charge in [-0.2, -0.15) is 5.10 Å². The van der Waals surface area contributed by atoms with E-state index in [9.17, 15) is 4.79 Å². The third-order valence-electron chi connectivity index (χ3n) is 5.18. The van der Waals surface area contributed by atoms with Gasteiger partial charge in [-0.15, -0.1) is 0 Å². The molecule has 1 aromatic carbocycles. The number of ether oxygens (including phenoxy) is 1. The monoisotopic (exact) mass is 376 g/mol. The number of benzene rings is 1. The SMILES string of the molecule is CCOC(=O)c1ccc2cnn(C[C@H](C)CO[Si](C)(C)C(C)(C)C)c2c1. The van der Waals surface area contributed by atoms with Crippen molar-refractivity contribution in [3.05, 3.63) is 30.0 Å². The number of aromatic nitrogens is 2. The van der Waals surface area contributed by atoms with Crippen LogP contribution in [0, 0.1) is 5.92 Å². The maximum absolute atomic E-state index is 12.0. The zero-order valence-corrected chi connectivity index (χ0v) is 18.1. The van der Waals surface area contributed by atoms with Crippen molar-refractivity contribution in [2.75, 3.05) is 13.2 Å². The Morgan fingerprint density at radius 1 is 1.31 bits per heavy atom. The predicted molar refractivity (Wildman–Crippen MR) is 108 cm³/mol. The van der Waals surface area contributed by atoms with E-state index in [2.05, 4.69) is 45.9 Å². The molecule has 6 heteroatoms. The Kier molecular flexibility index (Phi) is 6.29. The fourth-order valence-corrected chi connectivity index (χ4v) is 3.61. The Bertz CT molecular complexity index is 762. The van der Waals surface area contributed by atoms with Gasteiger partial charge in [-0.1, -0.05) is 33.8 Å². The molecule has 2 rings (SSSR count). The molecule has 0 aliphatic heterocycles. The van der Waals surface area contributed by atoms with Gasteiger partial charge in [0, 0.05) is 18.5 Å². The van der Waals surface area contributed by atoms with Crippen LogP contribution in [0.2, 0.25) is 18.1 Å². The molecule has 1 aromatic heterocycles. The number of nitrogens with zero attached hydrogens (tertiary/aromatic N) is 2. The van der Waals surface area contributed by atoms with Gasteiger partial charge < -0.3 is 9.16 Å². The Balaban J connectivity index is 2.10. The number of hydrogen-bond acceptors (Lipinski definition) is 4. The van der Waals surface area contributed by atoms with Crippen molar-refractivity contribution in [2.24, 2.45) is 5.92 Å². The summed E-state index contributed by atoms with van der Waals surface area (Å²) < 4.78 is 13.4. The molecular formula is C20H32N2O3Si. The van der Waals surface area contributed by atoms with E-state index in [1.165, 1.54) is 0 Å². The molecule has 144 valence electrons. The van der Waals surface area contributed by atoms with Crippen molar-refractivity contribution >= 4 is 25.2 Å². The second-order valence-corrected chi connectivity index (χ2v) is 13.3. The highest BCUT2D eigenvalue weighted by Gasteiger charge is 2.37. The highest BCUT2D eigenvalue weighted by Crippen LogP contribution is 2.36. The second-order valence-electron chi connectivity index (χ2n) is 8.50. The van der Waals surface area contributed by atoms with Crippen LogP contribution in [0.5, 0.6) is 0 Å². The summed E-state index contributed by atoms with van der Waals surface area (Å²) in [7, 11) is -1.75. The van der Waals surface area contributed by atoms with Gasteiger partial charge in [0.25, 0.3) is 0 Å². The number of rotatable bonds is 7. The lowest BCUT2D eigenvalue weighted by molar-refractivity contribution is 0.0526. The van der Waals surface area contributed by atoms with Gasteiger partial charge >= 0.3 is 5.97 Å². The van der Waals surface area contributed by atoms with Crippen LogP contribution in [0.4, 0.5) is 0 Å². The first-order valence-corrected chi connectivity index (χ1v) is 12.2. The lowest BCUT2D eigenvalue weighted by atomic mass is 10.1. The summed E-state index contributed by atoms with van der Waals surface area (Å²) >= 11 is 0. The molecule has 1 heterocycles. The summed E-state index contributed by atoms with van der Waals surface area (Å²) in [6.45, 7) is 17.1. The van der Waals surface area contributed by atoms with Gasteiger partial charge in [-0.3, -0.25) is 4.68 Å². The van der Waals surface area contributed by atoms with Crippen molar-refractivity contribution in [3.8, 4) is 0 Å². The molecule has 0 unspecified atom stereocenters. The van der Waals surface area contributed by atoms with Gasteiger partial charge in [0.1, 0.15) is 0 Å². The Labute approximate surface area is 157 Å². The average Bonchev–Trinajstić information content (AvgIpc) is 2.94. The first-order chi connectivity index (χ1) is 12.0. The Morgan fingerprint density at radius 2 is 2.00 bits per heavy atom. The topological polar surface area (TPSA) is 53.3 Å². The summed E-state index contributed by atoms with van der Waals surface area (Å²) in [5.41, 5.74) is 1.51. The van der Waals surface area contributed by atoms with E-state index in [1.54, 1.807) is 6.07 Å². The van der Waals surface area contributed by atoms with E-state index in [0.717, 1.165) is 24.1 Å². The van der Waals surface area contributed by atoms with Crippen molar-refractivity contribution < 1.29 is 14.0 Å². The molecule has 5 nitrogen and oxygen atoms in total. The molecule has 0 radical (unpaired) electrons. The van der Waals surface area contributed by atoms with Crippen molar-refractivity contribution in [2.45, 2.75) is 59.3 Å². The van der Waals surface area contributed by atoms with Crippen molar-refractivity contribution in [1.82, 2.24) is 9.78 Å². The highest BCUT2D eigenvalue weighted by molar-refractivity contribution is 6.74. The molecular weight excluding hydrogens is 344 g/mol. The van der Waals surface area contributed by atoms with Gasteiger partial charge in [0.2, 0.25) is 0 Å². The fourth-order valence-electron chi connectivity index (χ4n) is 2.47. The maximum Gasteiger partial charge on any atom is 0.338 e. The largest absolute Gasteiger partial charge is 0.462 e. The molecule has 0 fully saturated rings. The second kappa shape index (κ2) is 7.92. The third-order valence-corrected chi connectivity index (χ3v) is 9.68. The average molecular weight is 377 g/mol. The van der Waals surface area contributed by atoms with Gasteiger partial charge in [0.15, 0.2) is 8.32 Å². The minimum absolute atomic E-state index is 0.208. The van der Waals surface area contributed by atoms with E-state index in [1.807, 2.05) is 29.9 Å². The summed E-state index contributed by atoms with van der Waals surface area (Å²) in [6, 6.07) is 5.57. The first kappa shape index (κ1) is 20.6. The molecule has 0 amide bonds. The molecule has 1 atom stereocenters. The van der Waals surface area contributed by atoms with Crippen LogP contribution < -0.4 is 0 Å². The third kappa shape index (κ3) is 4.74. The number of carbonyl (C=O) groups is 1. The van der Waals surface area contributed by atoms with Gasteiger partial charge in [0.05, 0.1) is 23.9 Å². The number of fused-ring (bicyclic) bond motifs is 1. The minimum atomic E-state index is -1.75. The normalized spacial score (nSPS) is 13.8. The number of esters is 1. The molecule has 0 saturated carbocycles. The van der Waals surface area contributed by atoms with E-state index in [0.29, 0.717) is 18.1 Å². The predicted octanol–water partition coefficient (Wildman–Crippen LogP) is 4.87. The first-order valence-electron chi connectivity index (χ1n) is 9.32. The molecule has 0 aliphatic rings. The maximum atomic E-state index is 12.0. The standard InChI is InChI=1S/C20H32N2O3Si/c1-8-24-19(23)16-9-10-17-12-21-22(18(17)11-16)13-15(2)14-25-26(6,7)20(3,4)5/h9-12,15H,8,13-14H2,1-7H3/t15-/m0/s1. The zero-order chi connectivity index (χ0) is 19.5. The zero-order valence-electron chi connectivity index (χ0n) is 17.1. The fraction of sp³-hybridized carbons (Fsp3) is 0.600. The molecule has 0 bridgehead atoms. The molecule has 2 aromatic rings. The van der Waals surface area contributed by atoms with Gasteiger partial charge in [-0.05, 0) is 43.1 Å². The Hall–Kier alpha value is -1.66. The van der Waals surface area contributed by atoms with Crippen LogP contribution >= 0.6 is 0 Å². The van der Waals surface area contributed by atoms with E-state index in [-0.39, 0.29) is 11.0 Å².